The molecule has 0 fully saturated rings. The van der Waals surface area contributed by atoms with Crippen molar-refractivity contribution in [3.63, 3.8) is 0 Å². The SMILES string of the molecule is Cc1ccc(C=C(C#N)c2nc(N)nc(N(C)C)n2)o1. The molecule has 0 spiro atoms. The number of anilines is 2. The highest BCUT2D eigenvalue weighted by Gasteiger charge is 2.11. The molecule has 0 aliphatic heterocycles. The summed E-state index contributed by atoms with van der Waals surface area (Å²) < 4.78 is 5.40. The normalized spacial score (nSPS) is 11.2. The van der Waals surface area contributed by atoms with E-state index in [9.17, 15) is 5.26 Å². The van der Waals surface area contributed by atoms with E-state index in [1.807, 2.05) is 19.1 Å². The third kappa shape index (κ3) is 2.92. The molecule has 7 nitrogen and oxygen atoms in total. The van der Waals surface area contributed by atoms with Crippen LogP contribution in [0, 0.1) is 18.3 Å². The largest absolute Gasteiger partial charge is 0.462 e. The summed E-state index contributed by atoms with van der Waals surface area (Å²) in [6.07, 6.45) is 1.57. The minimum Gasteiger partial charge on any atom is -0.462 e. The molecule has 0 aliphatic rings. The average Bonchev–Trinajstić information content (AvgIpc) is 2.80. The number of furan rings is 1. The Kier molecular flexibility index (Phi) is 3.66. The van der Waals surface area contributed by atoms with Crippen LogP contribution in [0.15, 0.2) is 16.5 Å². The van der Waals surface area contributed by atoms with E-state index in [2.05, 4.69) is 15.0 Å². The van der Waals surface area contributed by atoms with Gasteiger partial charge in [-0.2, -0.15) is 20.2 Å². The van der Waals surface area contributed by atoms with Gasteiger partial charge in [0.25, 0.3) is 0 Å². The van der Waals surface area contributed by atoms with Gasteiger partial charge in [-0.1, -0.05) is 0 Å². The first-order valence-corrected chi connectivity index (χ1v) is 5.87. The van der Waals surface area contributed by atoms with Gasteiger partial charge in [0.15, 0.2) is 5.82 Å². The van der Waals surface area contributed by atoms with Gasteiger partial charge in [0.2, 0.25) is 11.9 Å². The molecule has 2 rings (SSSR count). The lowest BCUT2D eigenvalue weighted by Gasteiger charge is -2.10. The van der Waals surface area contributed by atoms with Gasteiger partial charge in [0, 0.05) is 20.2 Å². The van der Waals surface area contributed by atoms with E-state index in [-0.39, 0.29) is 17.3 Å². The summed E-state index contributed by atoms with van der Waals surface area (Å²) in [5.74, 6) is 2.00. The van der Waals surface area contributed by atoms with Crippen LogP contribution in [-0.4, -0.2) is 29.0 Å². The second-order valence-corrected chi connectivity index (χ2v) is 4.33. The zero-order valence-corrected chi connectivity index (χ0v) is 11.5. The van der Waals surface area contributed by atoms with Gasteiger partial charge in [0.1, 0.15) is 23.2 Å². The van der Waals surface area contributed by atoms with Gasteiger partial charge < -0.3 is 15.1 Å². The van der Waals surface area contributed by atoms with Crippen LogP contribution < -0.4 is 10.6 Å². The third-order valence-corrected chi connectivity index (χ3v) is 2.45. The van der Waals surface area contributed by atoms with Crippen LogP contribution in [0.5, 0.6) is 0 Å². The molecular formula is C13H14N6O. The number of aromatic nitrogens is 3. The van der Waals surface area contributed by atoms with Gasteiger partial charge in [-0.25, -0.2) is 0 Å². The number of nitriles is 1. The molecule has 0 unspecified atom stereocenters. The first kappa shape index (κ1) is 13.5. The molecule has 102 valence electrons. The minimum atomic E-state index is 0.0653. The van der Waals surface area contributed by atoms with Crippen molar-refractivity contribution in [2.75, 3.05) is 24.7 Å². The zero-order chi connectivity index (χ0) is 14.7. The van der Waals surface area contributed by atoms with Crippen LogP contribution in [0.1, 0.15) is 17.3 Å². The number of nitrogens with zero attached hydrogens (tertiary/aromatic N) is 5. The fourth-order valence-electron chi connectivity index (χ4n) is 1.52. The predicted molar refractivity (Wildman–Crippen MR) is 75.5 cm³/mol. The van der Waals surface area contributed by atoms with Crippen LogP contribution in [0.25, 0.3) is 11.6 Å². The quantitative estimate of drug-likeness (QED) is 0.842. The Morgan fingerprint density at radius 3 is 2.65 bits per heavy atom. The second kappa shape index (κ2) is 5.40. The molecule has 0 saturated heterocycles. The first-order chi connectivity index (χ1) is 9.49. The van der Waals surface area contributed by atoms with E-state index < -0.39 is 0 Å². The van der Waals surface area contributed by atoms with Crippen molar-refractivity contribution in [2.24, 2.45) is 0 Å². The van der Waals surface area contributed by atoms with E-state index in [0.29, 0.717) is 11.7 Å². The standard InChI is InChI=1S/C13H14N6O/c1-8-4-5-10(20-8)6-9(7-14)11-16-12(15)18-13(17-11)19(2)3/h4-6H,1-3H3,(H2,15,16,17,18). The Bertz CT molecular complexity index is 695. The number of allylic oxidation sites excluding steroid dienone is 1. The number of rotatable bonds is 3. The lowest BCUT2D eigenvalue weighted by Crippen LogP contribution is -2.15. The lowest BCUT2D eigenvalue weighted by atomic mass is 10.2. The highest BCUT2D eigenvalue weighted by Crippen LogP contribution is 2.18. The molecule has 0 saturated carbocycles. The Morgan fingerprint density at radius 2 is 2.10 bits per heavy atom. The molecule has 0 bridgehead atoms. The van der Waals surface area contributed by atoms with Gasteiger partial charge in [-0.05, 0) is 19.1 Å². The first-order valence-electron chi connectivity index (χ1n) is 5.87. The van der Waals surface area contributed by atoms with Crippen molar-refractivity contribution in [1.29, 1.82) is 5.26 Å². The van der Waals surface area contributed by atoms with E-state index in [1.54, 1.807) is 31.1 Å². The van der Waals surface area contributed by atoms with Gasteiger partial charge in [-0.15, -0.1) is 0 Å². The number of nitrogens with two attached hydrogens (primary N) is 1. The monoisotopic (exact) mass is 270 g/mol. The topological polar surface area (TPSA) is 105 Å². The van der Waals surface area contributed by atoms with Gasteiger partial charge in [0.05, 0.1) is 0 Å². The van der Waals surface area contributed by atoms with Crippen molar-refractivity contribution in [2.45, 2.75) is 6.92 Å². The zero-order valence-electron chi connectivity index (χ0n) is 11.5. The summed E-state index contributed by atoms with van der Waals surface area (Å²) in [7, 11) is 3.56. The van der Waals surface area contributed by atoms with Crippen LogP contribution in [0.2, 0.25) is 0 Å². The lowest BCUT2D eigenvalue weighted by molar-refractivity contribution is 0.525. The summed E-state index contributed by atoms with van der Waals surface area (Å²) in [5.41, 5.74) is 5.90. The molecule has 2 aromatic rings. The molecular weight excluding hydrogens is 256 g/mol. The van der Waals surface area contributed by atoms with Crippen molar-refractivity contribution in [3.05, 3.63) is 29.5 Å². The fourth-order valence-corrected chi connectivity index (χ4v) is 1.52. The molecule has 7 heteroatoms. The maximum atomic E-state index is 9.25. The number of nitrogen functional groups attached to an aromatic ring is 1. The molecule has 20 heavy (non-hydrogen) atoms. The Balaban J connectivity index is 2.47. The molecule has 0 amide bonds. The van der Waals surface area contributed by atoms with E-state index in [1.165, 1.54) is 0 Å². The number of hydrogen-bond acceptors (Lipinski definition) is 7. The Hall–Kier alpha value is -2.88. The summed E-state index contributed by atoms with van der Waals surface area (Å²) in [4.78, 5) is 13.9. The van der Waals surface area contributed by atoms with Gasteiger partial charge >= 0.3 is 0 Å². The molecule has 0 aliphatic carbocycles. The van der Waals surface area contributed by atoms with Crippen molar-refractivity contribution < 1.29 is 4.42 Å². The third-order valence-electron chi connectivity index (χ3n) is 2.45. The van der Waals surface area contributed by atoms with Crippen molar-refractivity contribution in [1.82, 2.24) is 15.0 Å². The maximum Gasteiger partial charge on any atom is 0.230 e. The van der Waals surface area contributed by atoms with Crippen LogP contribution in [0.3, 0.4) is 0 Å². The molecule has 2 N–H and O–H groups in total. The Morgan fingerprint density at radius 1 is 1.35 bits per heavy atom. The van der Waals surface area contributed by atoms with Gasteiger partial charge in [-0.3, -0.25) is 0 Å². The molecule has 0 aromatic carbocycles. The predicted octanol–water partition coefficient (Wildman–Crippen LogP) is 1.49. The van der Waals surface area contributed by atoms with E-state index in [0.717, 1.165) is 5.76 Å². The second-order valence-electron chi connectivity index (χ2n) is 4.33. The summed E-state index contributed by atoms with van der Waals surface area (Å²) in [6, 6.07) is 5.62. The fraction of sp³-hybridized carbons (Fsp3) is 0.231. The van der Waals surface area contributed by atoms with Crippen LogP contribution in [-0.2, 0) is 0 Å². The summed E-state index contributed by atoms with van der Waals surface area (Å²) in [6.45, 7) is 1.83. The molecule has 2 aromatic heterocycles. The molecule has 0 radical (unpaired) electrons. The highest BCUT2D eigenvalue weighted by molar-refractivity contribution is 5.86. The van der Waals surface area contributed by atoms with E-state index >= 15 is 0 Å². The molecule has 2 heterocycles. The summed E-state index contributed by atoms with van der Waals surface area (Å²) >= 11 is 0. The molecule has 0 atom stereocenters. The number of hydrogen-bond donors (Lipinski definition) is 1. The smallest absolute Gasteiger partial charge is 0.230 e. The van der Waals surface area contributed by atoms with Crippen LogP contribution in [0.4, 0.5) is 11.9 Å². The van der Waals surface area contributed by atoms with Crippen LogP contribution >= 0.6 is 0 Å². The Labute approximate surface area is 116 Å². The average molecular weight is 270 g/mol. The number of aryl methyl sites for hydroxylation is 1. The van der Waals surface area contributed by atoms with E-state index in [4.69, 9.17) is 10.2 Å². The highest BCUT2D eigenvalue weighted by atomic mass is 16.3. The minimum absolute atomic E-state index is 0.0653. The summed E-state index contributed by atoms with van der Waals surface area (Å²) in [5, 5.41) is 9.25. The van der Waals surface area contributed by atoms with Crippen molar-refractivity contribution >= 4 is 23.5 Å². The maximum absolute atomic E-state index is 9.25. The van der Waals surface area contributed by atoms with Crippen molar-refractivity contribution in [3.8, 4) is 6.07 Å².